The molecular weight excluding hydrogens is 425 g/mol. The highest BCUT2D eigenvalue weighted by Gasteiger charge is 2.46. The number of hydrogen-bond donors (Lipinski definition) is 0. The van der Waals surface area contributed by atoms with E-state index in [1.165, 1.54) is 0 Å². The van der Waals surface area contributed by atoms with Crippen molar-refractivity contribution in [3.63, 3.8) is 0 Å². The van der Waals surface area contributed by atoms with Gasteiger partial charge < -0.3 is 17.7 Å². The first-order chi connectivity index (χ1) is 12.0. The summed E-state index contributed by atoms with van der Waals surface area (Å²) in [6.07, 6.45) is -0.761. The van der Waals surface area contributed by atoms with Crippen molar-refractivity contribution in [2.75, 3.05) is 0 Å². The summed E-state index contributed by atoms with van der Waals surface area (Å²) in [6.45, 7) is 25.5. The van der Waals surface area contributed by atoms with Crippen LogP contribution in [0.3, 0.4) is 0 Å². The Bertz CT molecular complexity index is 554. The lowest BCUT2D eigenvalue weighted by atomic mass is 9.99. The van der Waals surface area contributed by atoms with Crippen molar-refractivity contribution in [3.05, 3.63) is 0 Å². The molecule has 0 aliphatic carbocycles. The summed E-state index contributed by atoms with van der Waals surface area (Å²) in [5.74, 6) is -0.827. The third-order valence-electron chi connectivity index (χ3n) is 3.10. The van der Waals surface area contributed by atoms with Gasteiger partial charge in [0.25, 0.3) is 0 Å². The molecule has 2 atom stereocenters. The van der Waals surface area contributed by atoms with Gasteiger partial charge in [0.2, 0.25) is 16.6 Å². The van der Waals surface area contributed by atoms with Gasteiger partial charge in [-0.1, -0.05) is 0 Å². The molecule has 0 aromatic rings. The minimum Gasteiger partial charge on any atom is -0.518 e. The summed E-state index contributed by atoms with van der Waals surface area (Å²) in [5.41, 5.74) is -1.26. The van der Waals surface area contributed by atoms with Crippen LogP contribution in [0.5, 0.6) is 0 Å². The van der Waals surface area contributed by atoms with E-state index in [0.29, 0.717) is 0 Å². The van der Waals surface area contributed by atoms with E-state index in [1.807, 2.05) is 78.6 Å². The highest BCUT2D eigenvalue weighted by Crippen LogP contribution is 2.29. The molecule has 10 heteroatoms. The number of rotatable bonds is 10. The van der Waals surface area contributed by atoms with Crippen molar-refractivity contribution in [3.8, 4) is 0 Å². The predicted octanol–water partition coefficient (Wildman–Crippen LogP) is 4.96. The summed E-state index contributed by atoms with van der Waals surface area (Å²) in [4.78, 5) is 26.0. The first kappa shape index (κ1) is 27.7. The number of carbonyl (C=O) groups is 2. The maximum atomic E-state index is 13.1. The van der Waals surface area contributed by atoms with E-state index in [0.717, 1.165) is 0 Å². The van der Waals surface area contributed by atoms with Crippen LogP contribution < -0.4 is 0 Å². The Labute approximate surface area is 176 Å². The molecule has 166 valence electrons. The molecule has 0 rings (SSSR count). The molecule has 6 nitrogen and oxygen atoms in total. The molecule has 0 amide bonds. The Kier molecular flexibility index (Phi) is 9.16. The van der Waals surface area contributed by atoms with E-state index >= 15 is 0 Å². The van der Waals surface area contributed by atoms with Gasteiger partial charge >= 0.3 is 11.9 Å². The van der Waals surface area contributed by atoms with Gasteiger partial charge in [-0.3, -0.25) is 9.59 Å². The van der Waals surface area contributed by atoms with E-state index in [2.05, 4.69) is 0 Å². The van der Waals surface area contributed by atoms with Crippen LogP contribution in [0.1, 0.15) is 13.3 Å². The number of carbonyl (C=O) groups excluding carboxylic acids is 2. The van der Waals surface area contributed by atoms with Crippen LogP contribution in [0.25, 0.3) is 0 Å². The lowest BCUT2D eigenvalue weighted by molar-refractivity contribution is -0.158. The fourth-order valence-corrected chi connectivity index (χ4v) is 6.61. The first-order valence-electron chi connectivity index (χ1n) is 9.87. The van der Waals surface area contributed by atoms with Gasteiger partial charge in [0.1, 0.15) is 6.10 Å². The molecule has 0 saturated heterocycles. The Morgan fingerprint density at radius 3 is 1.46 bits per heavy atom. The molecule has 2 unspecified atom stereocenters. The third-order valence-corrected chi connectivity index (χ3v) is 6.77. The van der Waals surface area contributed by atoms with Gasteiger partial charge in [0.05, 0.1) is 0 Å². The fraction of sp³-hybridized carbons (Fsp3) is 0.889. The Morgan fingerprint density at radius 1 is 0.714 bits per heavy atom. The molecule has 0 N–H and O–H groups in total. The smallest absolute Gasteiger partial charge is 0.323 e. The second-order valence-electron chi connectivity index (χ2n) is 11.4. The summed E-state index contributed by atoms with van der Waals surface area (Å²) < 4.78 is 23.9. The zero-order chi connectivity index (χ0) is 22.8. The topological polar surface area (TPSA) is 71.1 Å². The Morgan fingerprint density at radius 2 is 1.14 bits per heavy atom. The second-order valence-corrected chi connectivity index (χ2v) is 29.2. The molecule has 28 heavy (non-hydrogen) atoms. The molecular formula is C18H42O6Si4. The van der Waals surface area contributed by atoms with Gasteiger partial charge in [-0.25, -0.2) is 0 Å². The monoisotopic (exact) mass is 466 g/mol. The highest BCUT2D eigenvalue weighted by molar-refractivity contribution is 6.72. The average molecular weight is 467 g/mol. The molecule has 0 saturated carbocycles. The van der Waals surface area contributed by atoms with E-state index in [4.69, 9.17) is 17.7 Å². The van der Waals surface area contributed by atoms with Crippen LogP contribution in [-0.2, 0) is 27.3 Å². The van der Waals surface area contributed by atoms with Crippen molar-refractivity contribution < 1.29 is 27.3 Å². The van der Waals surface area contributed by atoms with Crippen LogP contribution in [0.2, 0.25) is 78.6 Å². The normalized spacial score (nSPS) is 16.9. The lowest BCUT2D eigenvalue weighted by Gasteiger charge is -2.39. The minimum absolute atomic E-state index is 0.0914. The van der Waals surface area contributed by atoms with Crippen molar-refractivity contribution in [2.45, 2.75) is 104 Å². The minimum atomic E-state index is -2.12. The number of hydrogen-bond acceptors (Lipinski definition) is 6. The molecule has 0 fully saturated rings. The summed E-state index contributed by atoms with van der Waals surface area (Å²) in [7, 11) is -8.41. The predicted molar refractivity (Wildman–Crippen MR) is 125 cm³/mol. The maximum Gasteiger partial charge on any atom is 0.323 e. The van der Waals surface area contributed by atoms with Crippen LogP contribution in [0.4, 0.5) is 0 Å². The standard InChI is InChI=1S/C18H42O6Si4/c1-18(24-28(11,12)13,17(20)23-27(8,9)10)14-15(21-25(2,3)4)16(19)22-26(5,6)7/h15H,14H2,1-13H3. The molecule has 0 spiro atoms. The van der Waals surface area contributed by atoms with Crippen LogP contribution in [0.15, 0.2) is 0 Å². The summed E-state index contributed by atoms with van der Waals surface area (Å²) >= 11 is 0. The summed E-state index contributed by atoms with van der Waals surface area (Å²) in [6, 6.07) is 0. The van der Waals surface area contributed by atoms with Gasteiger partial charge in [-0.15, -0.1) is 0 Å². The lowest BCUT2D eigenvalue weighted by Crippen LogP contribution is -2.54. The zero-order valence-corrected chi connectivity index (χ0v) is 24.2. The molecule has 0 bridgehead atoms. The van der Waals surface area contributed by atoms with Crippen molar-refractivity contribution in [2.24, 2.45) is 0 Å². The van der Waals surface area contributed by atoms with Crippen LogP contribution >= 0.6 is 0 Å². The van der Waals surface area contributed by atoms with Gasteiger partial charge in [0.15, 0.2) is 22.2 Å². The molecule has 0 radical (unpaired) electrons. The van der Waals surface area contributed by atoms with Crippen molar-refractivity contribution in [1.29, 1.82) is 0 Å². The Hall–Kier alpha value is -0.272. The zero-order valence-electron chi connectivity index (χ0n) is 20.2. The molecule has 0 aliphatic heterocycles. The maximum absolute atomic E-state index is 13.1. The molecule has 0 aromatic carbocycles. The molecule has 0 aromatic heterocycles. The van der Waals surface area contributed by atoms with Gasteiger partial charge in [0, 0.05) is 6.42 Å². The van der Waals surface area contributed by atoms with Gasteiger partial charge in [-0.2, -0.15) is 0 Å². The van der Waals surface area contributed by atoms with E-state index in [1.54, 1.807) is 6.92 Å². The second kappa shape index (κ2) is 9.25. The van der Waals surface area contributed by atoms with Crippen molar-refractivity contribution >= 4 is 45.2 Å². The van der Waals surface area contributed by atoms with Crippen LogP contribution in [0, 0.1) is 0 Å². The fourth-order valence-electron chi connectivity index (χ4n) is 2.55. The van der Waals surface area contributed by atoms with E-state index < -0.39 is 56.9 Å². The SMILES string of the molecule is CC(CC(O[Si](C)(C)C)C(=O)O[Si](C)(C)C)(O[Si](C)(C)C)C(=O)O[Si](C)(C)C. The quantitative estimate of drug-likeness (QED) is 0.424. The Balaban J connectivity index is 5.92. The van der Waals surface area contributed by atoms with Crippen molar-refractivity contribution in [1.82, 2.24) is 0 Å². The van der Waals surface area contributed by atoms with E-state index in [9.17, 15) is 9.59 Å². The first-order valence-corrected chi connectivity index (χ1v) is 23.5. The van der Waals surface area contributed by atoms with E-state index in [-0.39, 0.29) is 6.42 Å². The molecule has 0 heterocycles. The molecule has 0 aliphatic rings. The average Bonchev–Trinajstić information content (AvgIpc) is 2.29. The highest BCUT2D eigenvalue weighted by atomic mass is 28.4. The van der Waals surface area contributed by atoms with Gasteiger partial charge in [-0.05, 0) is 85.5 Å². The van der Waals surface area contributed by atoms with Crippen LogP contribution in [-0.4, -0.2) is 56.9 Å². The largest absolute Gasteiger partial charge is 0.518 e. The summed E-state index contributed by atoms with van der Waals surface area (Å²) in [5, 5.41) is 0. The third kappa shape index (κ3) is 12.3.